The Hall–Kier alpha value is -3.44. The summed E-state index contributed by atoms with van der Waals surface area (Å²) in [6.07, 6.45) is -4.12. The van der Waals surface area contributed by atoms with Crippen LogP contribution in [0, 0.1) is 0 Å². The highest BCUT2D eigenvalue weighted by molar-refractivity contribution is 7.12. The summed E-state index contributed by atoms with van der Waals surface area (Å²) >= 11 is 6.99. The molecule has 0 unspecified atom stereocenters. The second-order valence-electron chi connectivity index (χ2n) is 6.54. The van der Waals surface area contributed by atoms with Crippen LogP contribution >= 0.6 is 22.9 Å². The number of alkyl halides is 3. The van der Waals surface area contributed by atoms with Gasteiger partial charge < -0.3 is 15.0 Å². The summed E-state index contributed by atoms with van der Waals surface area (Å²) in [5, 5.41) is 3.50. The molecule has 0 saturated heterocycles. The summed E-state index contributed by atoms with van der Waals surface area (Å²) in [7, 11) is 1.50. The van der Waals surface area contributed by atoms with Gasteiger partial charge in [0.25, 0.3) is 11.8 Å². The van der Waals surface area contributed by atoms with Gasteiger partial charge in [-0.2, -0.15) is 13.2 Å². The van der Waals surface area contributed by atoms with E-state index in [1.165, 1.54) is 29.4 Å². The van der Waals surface area contributed by atoms with E-state index >= 15 is 0 Å². The molecule has 3 aromatic rings. The van der Waals surface area contributed by atoms with Gasteiger partial charge in [0, 0.05) is 13.2 Å². The van der Waals surface area contributed by atoms with E-state index in [4.69, 9.17) is 16.3 Å². The Labute approximate surface area is 194 Å². The number of rotatable bonds is 6. The first kappa shape index (κ1) is 24.2. The molecule has 33 heavy (non-hydrogen) atoms. The lowest BCUT2D eigenvalue weighted by Crippen LogP contribution is -2.28. The molecule has 0 aliphatic rings. The Morgan fingerprint density at radius 2 is 1.91 bits per heavy atom. The number of halogens is 4. The third-order valence-corrected chi connectivity index (χ3v) is 5.43. The quantitative estimate of drug-likeness (QED) is 0.490. The van der Waals surface area contributed by atoms with E-state index in [-0.39, 0.29) is 23.0 Å². The lowest BCUT2D eigenvalue weighted by Gasteiger charge is -2.19. The number of nitrogens with one attached hydrogen (secondary N) is 1. The van der Waals surface area contributed by atoms with Crippen LogP contribution in [-0.2, 0) is 15.7 Å². The first-order valence-corrected chi connectivity index (χ1v) is 10.4. The number of aromatic nitrogens is 1. The van der Waals surface area contributed by atoms with Crippen molar-refractivity contribution in [2.24, 2.45) is 0 Å². The number of benzene rings is 1. The number of ether oxygens (including phenoxy) is 1. The molecular weight excluding hydrogens is 483 g/mol. The van der Waals surface area contributed by atoms with Crippen LogP contribution in [0.25, 0.3) is 0 Å². The van der Waals surface area contributed by atoms with E-state index in [1.54, 1.807) is 35.7 Å². The minimum Gasteiger partial charge on any atom is -0.452 e. The summed E-state index contributed by atoms with van der Waals surface area (Å²) in [5.41, 5.74) is -0.757. The highest BCUT2D eigenvalue weighted by Gasteiger charge is 2.31. The fourth-order valence-corrected chi connectivity index (χ4v) is 3.59. The standard InChI is InChI=1S/C21H15ClF3N3O4S/c1-28(19(30)16-7-4-8-33-16)15-6-3-2-5-13(15)20(31)32-11-17(29)27-18-14(22)9-12(10-26-18)21(23,24)25/h2-10H,11H2,1H3,(H,26,27,29). The third kappa shape index (κ3) is 5.88. The number of anilines is 2. The third-order valence-electron chi connectivity index (χ3n) is 4.28. The fraction of sp³-hybridized carbons (Fsp3) is 0.143. The zero-order valence-corrected chi connectivity index (χ0v) is 18.4. The Bertz CT molecular complexity index is 1190. The molecule has 3 rings (SSSR count). The van der Waals surface area contributed by atoms with Crippen LogP contribution in [0.15, 0.2) is 54.0 Å². The first-order valence-electron chi connectivity index (χ1n) is 9.18. The van der Waals surface area contributed by atoms with Crippen molar-refractivity contribution in [3.63, 3.8) is 0 Å². The maximum atomic E-state index is 12.7. The molecule has 7 nitrogen and oxygen atoms in total. The van der Waals surface area contributed by atoms with E-state index < -0.39 is 35.2 Å². The normalized spacial score (nSPS) is 11.1. The second-order valence-corrected chi connectivity index (χ2v) is 7.89. The van der Waals surface area contributed by atoms with Gasteiger partial charge in [-0.1, -0.05) is 29.8 Å². The number of thiophene rings is 1. The number of hydrogen-bond donors (Lipinski definition) is 1. The zero-order chi connectivity index (χ0) is 24.2. The number of esters is 1. The smallest absolute Gasteiger partial charge is 0.417 e. The van der Waals surface area contributed by atoms with Gasteiger partial charge >= 0.3 is 12.1 Å². The highest BCUT2D eigenvalue weighted by atomic mass is 35.5. The summed E-state index contributed by atoms with van der Waals surface area (Å²) < 4.78 is 43.1. The molecule has 0 saturated carbocycles. The van der Waals surface area contributed by atoms with Gasteiger partial charge in [-0.25, -0.2) is 9.78 Å². The monoisotopic (exact) mass is 497 g/mol. The van der Waals surface area contributed by atoms with Crippen molar-refractivity contribution in [3.05, 3.63) is 75.1 Å². The Morgan fingerprint density at radius 1 is 1.18 bits per heavy atom. The molecule has 0 fully saturated rings. The van der Waals surface area contributed by atoms with Crippen molar-refractivity contribution in [3.8, 4) is 0 Å². The molecule has 0 aliphatic heterocycles. The van der Waals surface area contributed by atoms with Crippen molar-refractivity contribution in [1.29, 1.82) is 0 Å². The van der Waals surface area contributed by atoms with Crippen LogP contribution in [0.5, 0.6) is 0 Å². The van der Waals surface area contributed by atoms with Crippen LogP contribution in [0.2, 0.25) is 5.02 Å². The Kier molecular flexibility index (Phi) is 7.34. The molecule has 0 bridgehead atoms. The molecule has 1 aromatic carbocycles. The second kappa shape index (κ2) is 10.0. The van der Waals surface area contributed by atoms with Crippen molar-refractivity contribution < 1.29 is 32.3 Å². The van der Waals surface area contributed by atoms with Crippen LogP contribution < -0.4 is 10.2 Å². The number of pyridine rings is 1. The molecule has 12 heteroatoms. The maximum Gasteiger partial charge on any atom is 0.417 e. The van der Waals surface area contributed by atoms with Gasteiger partial charge in [0.05, 0.1) is 26.7 Å². The maximum absolute atomic E-state index is 12.7. The molecule has 2 aromatic heterocycles. The summed E-state index contributed by atoms with van der Waals surface area (Å²) in [6, 6.07) is 10.2. The molecule has 1 N–H and O–H groups in total. The average Bonchev–Trinajstić information content (AvgIpc) is 3.32. The number of carbonyl (C=O) groups excluding carboxylic acids is 3. The molecule has 2 amide bonds. The average molecular weight is 498 g/mol. The minimum absolute atomic E-state index is 0.0448. The summed E-state index contributed by atoms with van der Waals surface area (Å²) in [5.74, 6) is -2.38. The minimum atomic E-state index is -4.64. The predicted molar refractivity (Wildman–Crippen MR) is 117 cm³/mol. The van der Waals surface area contributed by atoms with Crippen molar-refractivity contribution in [2.75, 3.05) is 23.9 Å². The molecule has 2 heterocycles. The number of carbonyl (C=O) groups is 3. The fourth-order valence-electron chi connectivity index (χ4n) is 2.68. The molecule has 0 aliphatic carbocycles. The molecule has 0 radical (unpaired) electrons. The lowest BCUT2D eigenvalue weighted by molar-refractivity contribution is -0.137. The number of nitrogens with zero attached hydrogens (tertiary/aromatic N) is 2. The van der Waals surface area contributed by atoms with Gasteiger partial charge in [0.2, 0.25) is 0 Å². The van der Waals surface area contributed by atoms with Gasteiger partial charge in [0.15, 0.2) is 12.4 Å². The van der Waals surface area contributed by atoms with Gasteiger partial charge in [-0.15, -0.1) is 11.3 Å². The van der Waals surface area contributed by atoms with Crippen LogP contribution in [0.1, 0.15) is 25.6 Å². The largest absolute Gasteiger partial charge is 0.452 e. The molecular formula is C21H15ClF3N3O4S. The van der Waals surface area contributed by atoms with Crippen LogP contribution in [0.4, 0.5) is 24.7 Å². The summed E-state index contributed by atoms with van der Waals surface area (Å²) in [6.45, 7) is -0.755. The van der Waals surface area contributed by atoms with Gasteiger partial charge in [-0.05, 0) is 29.6 Å². The Morgan fingerprint density at radius 3 is 2.55 bits per heavy atom. The van der Waals surface area contributed by atoms with E-state index in [2.05, 4.69) is 10.3 Å². The van der Waals surface area contributed by atoms with Crippen LogP contribution in [0.3, 0.4) is 0 Å². The zero-order valence-electron chi connectivity index (χ0n) is 16.9. The topological polar surface area (TPSA) is 88.6 Å². The van der Waals surface area contributed by atoms with E-state index in [0.29, 0.717) is 17.1 Å². The predicted octanol–water partition coefficient (Wildman–Crippen LogP) is 4.89. The number of amides is 2. The van der Waals surface area contributed by atoms with E-state index in [1.807, 2.05) is 0 Å². The molecule has 0 spiro atoms. The van der Waals surface area contributed by atoms with Gasteiger partial charge in [-0.3, -0.25) is 9.59 Å². The first-order chi connectivity index (χ1) is 15.6. The molecule has 172 valence electrons. The highest BCUT2D eigenvalue weighted by Crippen LogP contribution is 2.32. The SMILES string of the molecule is CN(C(=O)c1cccs1)c1ccccc1C(=O)OCC(=O)Nc1ncc(C(F)(F)F)cc1Cl. The summed E-state index contributed by atoms with van der Waals surface area (Å²) in [4.78, 5) is 42.5. The molecule has 0 atom stereocenters. The van der Waals surface area contributed by atoms with E-state index in [0.717, 1.165) is 0 Å². The Balaban J connectivity index is 1.66. The van der Waals surface area contributed by atoms with Gasteiger partial charge in [0.1, 0.15) is 0 Å². The number of para-hydroxylation sites is 1. The van der Waals surface area contributed by atoms with Crippen LogP contribution in [-0.4, -0.2) is 36.4 Å². The van der Waals surface area contributed by atoms with Crippen molar-refractivity contribution in [1.82, 2.24) is 4.98 Å². The van der Waals surface area contributed by atoms with Crippen molar-refractivity contribution >= 4 is 52.2 Å². The lowest BCUT2D eigenvalue weighted by atomic mass is 10.1. The van der Waals surface area contributed by atoms with Crippen molar-refractivity contribution in [2.45, 2.75) is 6.18 Å². The number of hydrogen-bond acceptors (Lipinski definition) is 6. The van der Waals surface area contributed by atoms with E-state index in [9.17, 15) is 27.6 Å².